The molecule has 0 aliphatic carbocycles. The van der Waals surface area contributed by atoms with Crippen molar-refractivity contribution in [3.05, 3.63) is 40.5 Å². The Morgan fingerprint density at radius 3 is 2.81 bits per heavy atom. The number of aromatic nitrogens is 1. The van der Waals surface area contributed by atoms with Crippen LogP contribution in [0.4, 0.5) is 11.5 Å². The first-order chi connectivity index (χ1) is 10.1. The van der Waals surface area contributed by atoms with Crippen molar-refractivity contribution < 1.29 is 14.3 Å². The van der Waals surface area contributed by atoms with Crippen LogP contribution in [0.5, 0.6) is 11.5 Å². The van der Waals surface area contributed by atoms with Gasteiger partial charge < -0.3 is 20.5 Å². The minimum atomic E-state index is -0.335. The standard InChI is InChI=1S/C14H12BrN3O3/c15-8-5-10(13(16)17-7-8)14(19)18-9-1-2-11-12(6-9)21-4-3-20-11/h1-2,5-7H,3-4H2,(H2,16,17)(H,18,19). The molecule has 1 aromatic carbocycles. The number of carbonyl (C=O) groups excluding carboxylic acids is 1. The lowest BCUT2D eigenvalue weighted by atomic mass is 10.2. The largest absolute Gasteiger partial charge is 0.486 e. The number of rotatable bonds is 2. The van der Waals surface area contributed by atoms with E-state index in [-0.39, 0.29) is 11.7 Å². The third-order valence-electron chi connectivity index (χ3n) is 2.93. The van der Waals surface area contributed by atoms with E-state index in [9.17, 15) is 4.79 Å². The molecule has 0 saturated carbocycles. The van der Waals surface area contributed by atoms with Crippen molar-refractivity contribution in [1.82, 2.24) is 4.98 Å². The van der Waals surface area contributed by atoms with Gasteiger partial charge in [-0.3, -0.25) is 4.79 Å². The van der Waals surface area contributed by atoms with E-state index in [2.05, 4.69) is 26.2 Å². The molecule has 1 aliphatic heterocycles. The maximum atomic E-state index is 12.2. The number of hydrogen-bond donors (Lipinski definition) is 2. The molecule has 3 rings (SSSR count). The number of benzene rings is 1. The fraction of sp³-hybridized carbons (Fsp3) is 0.143. The van der Waals surface area contributed by atoms with Crippen LogP contribution < -0.4 is 20.5 Å². The summed E-state index contributed by atoms with van der Waals surface area (Å²) < 4.78 is 11.6. The Labute approximate surface area is 129 Å². The van der Waals surface area contributed by atoms with Crippen LogP contribution in [0.1, 0.15) is 10.4 Å². The lowest BCUT2D eigenvalue weighted by Gasteiger charge is -2.19. The number of anilines is 2. The van der Waals surface area contributed by atoms with Crippen LogP contribution >= 0.6 is 15.9 Å². The van der Waals surface area contributed by atoms with Crippen LogP contribution in [0.25, 0.3) is 0 Å². The second kappa shape index (κ2) is 5.61. The Kier molecular flexibility index (Phi) is 3.66. The van der Waals surface area contributed by atoms with Gasteiger partial charge in [-0.05, 0) is 34.1 Å². The van der Waals surface area contributed by atoms with Gasteiger partial charge in [0.2, 0.25) is 0 Å². The number of carbonyl (C=O) groups is 1. The second-order valence-electron chi connectivity index (χ2n) is 4.40. The second-order valence-corrected chi connectivity index (χ2v) is 5.31. The number of fused-ring (bicyclic) bond motifs is 1. The van der Waals surface area contributed by atoms with E-state index in [4.69, 9.17) is 15.2 Å². The van der Waals surface area contributed by atoms with Crippen molar-refractivity contribution in [3.63, 3.8) is 0 Å². The molecule has 2 aromatic rings. The molecule has 2 heterocycles. The summed E-state index contributed by atoms with van der Waals surface area (Å²) in [4.78, 5) is 16.2. The number of pyridine rings is 1. The molecule has 1 aliphatic rings. The van der Waals surface area contributed by atoms with Gasteiger partial charge in [-0.2, -0.15) is 0 Å². The zero-order valence-corrected chi connectivity index (χ0v) is 12.5. The summed E-state index contributed by atoms with van der Waals surface area (Å²) in [6.45, 7) is 1.02. The van der Waals surface area contributed by atoms with Gasteiger partial charge in [0, 0.05) is 22.4 Å². The van der Waals surface area contributed by atoms with Crippen molar-refractivity contribution in [2.24, 2.45) is 0 Å². The molecule has 0 spiro atoms. The van der Waals surface area contributed by atoms with Gasteiger partial charge in [0.15, 0.2) is 11.5 Å². The Morgan fingerprint density at radius 2 is 2.00 bits per heavy atom. The molecular formula is C14H12BrN3O3. The number of amides is 1. The number of ether oxygens (including phenoxy) is 2. The van der Waals surface area contributed by atoms with Crippen LogP contribution in [0.2, 0.25) is 0 Å². The molecule has 1 aromatic heterocycles. The highest BCUT2D eigenvalue weighted by molar-refractivity contribution is 9.10. The van der Waals surface area contributed by atoms with Crippen LogP contribution in [0.3, 0.4) is 0 Å². The highest BCUT2D eigenvalue weighted by atomic mass is 79.9. The van der Waals surface area contributed by atoms with Crippen LogP contribution in [0.15, 0.2) is 34.9 Å². The van der Waals surface area contributed by atoms with Gasteiger partial charge in [-0.25, -0.2) is 4.98 Å². The van der Waals surface area contributed by atoms with E-state index >= 15 is 0 Å². The number of hydrogen-bond acceptors (Lipinski definition) is 5. The van der Waals surface area contributed by atoms with Crippen LogP contribution in [0, 0.1) is 0 Å². The predicted molar refractivity (Wildman–Crippen MR) is 81.7 cm³/mol. The lowest BCUT2D eigenvalue weighted by molar-refractivity contribution is 0.102. The molecule has 6 nitrogen and oxygen atoms in total. The SMILES string of the molecule is Nc1ncc(Br)cc1C(=O)Nc1ccc2c(c1)OCCO2. The number of nitrogen functional groups attached to an aromatic ring is 1. The lowest BCUT2D eigenvalue weighted by Crippen LogP contribution is -2.17. The summed E-state index contributed by atoms with van der Waals surface area (Å²) in [5.74, 6) is 1.12. The molecule has 0 atom stereocenters. The Bertz CT molecular complexity index is 706. The zero-order chi connectivity index (χ0) is 14.8. The minimum absolute atomic E-state index is 0.174. The van der Waals surface area contributed by atoms with E-state index in [1.165, 1.54) is 6.20 Å². The zero-order valence-electron chi connectivity index (χ0n) is 10.9. The molecule has 3 N–H and O–H groups in total. The summed E-state index contributed by atoms with van der Waals surface area (Å²) in [5, 5.41) is 2.76. The predicted octanol–water partition coefficient (Wildman–Crippen LogP) is 2.45. The average Bonchev–Trinajstić information content (AvgIpc) is 2.49. The number of nitrogens with one attached hydrogen (secondary N) is 1. The molecule has 0 bridgehead atoms. The molecule has 1 amide bonds. The Morgan fingerprint density at radius 1 is 1.24 bits per heavy atom. The van der Waals surface area contributed by atoms with Gasteiger partial charge in [-0.1, -0.05) is 0 Å². The third-order valence-corrected chi connectivity index (χ3v) is 3.36. The van der Waals surface area contributed by atoms with Crippen LogP contribution in [-0.2, 0) is 0 Å². The molecule has 0 unspecified atom stereocenters. The van der Waals surface area contributed by atoms with Crippen LogP contribution in [-0.4, -0.2) is 24.1 Å². The first-order valence-electron chi connectivity index (χ1n) is 6.25. The number of nitrogens with two attached hydrogens (primary N) is 1. The molecule has 0 radical (unpaired) electrons. The van der Waals surface area contributed by atoms with Gasteiger partial charge in [0.05, 0.1) is 5.56 Å². The summed E-state index contributed by atoms with van der Waals surface area (Å²) in [5.41, 5.74) is 6.62. The average molecular weight is 350 g/mol. The van der Waals surface area contributed by atoms with Gasteiger partial charge in [-0.15, -0.1) is 0 Å². The van der Waals surface area contributed by atoms with Gasteiger partial charge >= 0.3 is 0 Å². The fourth-order valence-electron chi connectivity index (χ4n) is 1.95. The highest BCUT2D eigenvalue weighted by Crippen LogP contribution is 2.32. The van der Waals surface area contributed by atoms with Crippen molar-refractivity contribution in [2.75, 3.05) is 24.3 Å². The quantitative estimate of drug-likeness (QED) is 0.869. The number of nitrogens with zero attached hydrogens (tertiary/aromatic N) is 1. The molecule has 108 valence electrons. The van der Waals surface area contributed by atoms with E-state index in [1.54, 1.807) is 24.3 Å². The summed E-state index contributed by atoms with van der Waals surface area (Å²) in [7, 11) is 0. The number of halogens is 1. The topological polar surface area (TPSA) is 86.5 Å². The molecule has 0 saturated heterocycles. The minimum Gasteiger partial charge on any atom is -0.486 e. The molecular weight excluding hydrogens is 338 g/mol. The van der Waals surface area contributed by atoms with Gasteiger partial charge in [0.1, 0.15) is 19.0 Å². The summed E-state index contributed by atoms with van der Waals surface area (Å²) >= 11 is 3.26. The van der Waals surface area contributed by atoms with E-state index < -0.39 is 0 Å². The first kappa shape index (κ1) is 13.7. The molecule has 21 heavy (non-hydrogen) atoms. The van der Waals surface area contributed by atoms with Gasteiger partial charge in [0.25, 0.3) is 5.91 Å². The van der Waals surface area contributed by atoms with E-state index in [0.29, 0.717) is 40.4 Å². The Balaban J connectivity index is 1.83. The molecule has 7 heteroatoms. The third kappa shape index (κ3) is 2.92. The van der Waals surface area contributed by atoms with Crippen molar-refractivity contribution in [1.29, 1.82) is 0 Å². The highest BCUT2D eigenvalue weighted by Gasteiger charge is 2.15. The first-order valence-corrected chi connectivity index (χ1v) is 7.05. The van der Waals surface area contributed by atoms with E-state index in [1.807, 2.05) is 0 Å². The smallest absolute Gasteiger partial charge is 0.259 e. The normalized spacial score (nSPS) is 12.8. The van der Waals surface area contributed by atoms with Crippen molar-refractivity contribution >= 4 is 33.3 Å². The summed E-state index contributed by atoms with van der Waals surface area (Å²) in [6, 6.07) is 6.84. The maximum Gasteiger partial charge on any atom is 0.259 e. The summed E-state index contributed by atoms with van der Waals surface area (Å²) in [6.07, 6.45) is 1.54. The van der Waals surface area contributed by atoms with Crippen molar-refractivity contribution in [2.45, 2.75) is 0 Å². The van der Waals surface area contributed by atoms with E-state index in [0.717, 1.165) is 0 Å². The Hall–Kier alpha value is -2.28. The molecule has 0 fully saturated rings. The fourth-order valence-corrected chi connectivity index (χ4v) is 2.28. The van der Waals surface area contributed by atoms with Crippen molar-refractivity contribution in [3.8, 4) is 11.5 Å². The monoisotopic (exact) mass is 349 g/mol. The maximum absolute atomic E-state index is 12.2.